The predicted octanol–water partition coefficient (Wildman–Crippen LogP) is 4.27. The Labute approximate surface area is 315 Å². The largest absolute Gasteiger partial charge is 0.778 e. The number of aromatic nitrogens is 5. The molecule has 21 heteroatoms. The van der Waals surface area contributed by atoms with Gasteiger partial charge in [-0.2, -0.15) is 19.6 Å². The van der Waals surface area contributed by atoms with Crippen LogP contribution in [-0.2, 0) is 25.7 Å². The molecule has 0 spiro atoms. The van der Waals surface area contributed by atoms with E-state index in [9.17, 15) is 19.0 Å². The molecule has 1 aromatic carbocycles. The number of carboxylic acid groups (broad SMARTS) is 1. The molecule has 1 atom stereocenters. The molecule has 0 saturated heterocycles. The number of nitrogens with one attached hydrogen (secondary N) is 3. The summed E-state index contributed by atoms with van der Waals surface area (Å²) in [4.78, 5) is 51.9. The van der Waals surface area contributed by atoms with E-state index >= 15 is 0 Å². The van der Waals surface area contributed by atoms with Crippen LogP contribution in [0.25, 0.3) is 5.69 Å². The van der Waals surface area contributed by atoms with Crippen molar-refractivity contribution in [3.05, 3.63) is 43.9 Å². The Kier molecular flexibility index (Phi) is 20.8. The Bertz CT molecular complexity index is 1700. The number of ether oxygens (including phenoxy) is 1. The van der Waals surface area contributed by atoms with Crippen LogP contribution in [0.15, 0.2) is 21.3 Å². The van der Waals surface area contributed by atoms with Crippen LogP contribution >= 0.6 is 42.4 Å². The van der Waals surface area contributed by atoms with E-state index in [0.717, 1.165) is 11.2 Å². The number of hydrogen-bond donors (Lipinski definition) is 5. The maximum absolute atomic E-state index is 12.0. The maximum atomic E-state index is 12.0. The number of nitrogens with zero attached hydrogens (tertiary/aromatic N) is 5. The fourth-order valence-corrected chi connectivity index (χ4v) is 4.00. The summed E-state index contributed by atoms with van der Waals surface area (Å²) in [5.74, 6) is 2.11. The molecule has 0 aliphatic heterocycles. The van der Waals surface area contributed by atoms with Crippen LogP contribution < -0.4 is 31.3 Å². The number of rotatable bonds is 10. The summed E-state index contributed by atoms with van der Waals surface area (Å²) in [5.41, 5.74) is -0.206. The highest BCUT2D eigenvalue weighted by Gasteiger charge is 2.24. The van der Waals surface area contributed by atoms with E-state index in [-0.39, 0.29) is 27.5 Å². The van der Waals surface area contributed by atoms with Gasteiger partial charge in [0.2, 0.25) is 23.1 Å². The molecule has 0 radical (unpaired) electrons. The lowest BCUT2D eigenvalue weighted by molar-refractivity contribution is -0.193. The summed E-state index contributed by atoms with van der Waals surface area (Å²) >= 11 is 17.9. The molecule has 0 saturated carbocycles. The third-order valence-corrected chi connectivity index (χ3v) is 6.14. The number of terminal acetylenes is 1. The van der Waals surface area contributed by atoms with E-state index in [1.165, 1.54) is 12.1 Å². The standard InChI is InChI=1S/C15H14Cl2N2O3.C9H16ClN5.C3H8NO5P.C3H9S/c1-5-6-21-12-8-11(9(16)7-10(12)17)19-14(20)22-13(18-19)15(2,3)4;1-5-11-7-12-6(10)13-8(14-7)15-9(2,3)4;5-3(6)1-4-2-10(7,8)9;1-4(2)3/h1,7-8H,6H2,2-4H3;5H2,1-4H3,(H2,11,12,13,14,15);4H,1-2H2,(H,5,6)(H2,7,8,9);1-3H3/q;;;+1/p-1. The number of carboxylic acids is 1. The van der Waals surface area contributed by atoms with E-state index in [1.54, 1.807) is 0 Å². The van der Waals surface area contributed by atoms with Crippen LogP contribution in [0.4, 0.5) is 11.9 Å². The van der Waals surface area contributed by atoms with Crippen molar-refractivity contribution < 1.29 is 33.4 Å². The van der Waals surface area contributed by atoms with Gasteiger partial charge in [-0.05, 0) is 56.3 Å². The second-order valence-electron chi connectivity index (χ2n) is 12.6. The van der Waals surface area contributed by atoms with Crippen molar-refractivity contribution in [3.63, 3.8) is 0 Å². The second-order valence-corrected chi connectivity index (χ2v) is 17.8. The summed E-state index contributed by atoms with van der Waals surface area (Å²) in [5, 5.41) is 21.0. The Balaban J connectivity index is 0.000000747. The first kappa shape index (κ1) is 47.9. The van der Waals surface area contributed by atoms with E-state index in [0.29, 0.717) is 40.1 Å². The number of carbonyl (C=O) groups is 1. The van der Waals surface area contributed by atoms with Crippen molar-refractivity contribution in [2.24, 2.45) is 0 Å². The van der Waals surface area contributed by atoms with E-state index in [1.807, 2.05) is 53.8 Å². The molecule has 3 rings (SSSR count). The van der Waals surface area contributed by atoms with Crippen molar-refractivity contribution in [3.8, 4) is 23.8 Å². The van der Waals surface area contributed by atoms with Gasteiger partial charge in [-0.3, -0.25) is 10.1 Å². The minimum atomic E-state index is -4.35. The zero-order valence-electron chi connectivity index (χ0n) is 30.1. The average molecular weight is 816 g/mol. The van der Waals surface area contributed by atoms with Gasteiger partial charge in [-0.15, -0.1) is 11.5 Å². The fraction of sp³-hybridized carbons (Fsp3) is 0.533. The minimum absolute atomic E-state index is 0.0434. The molecular weight excluding hydrogens is 770 g/mol. The molecule has 5 N–H and O–H groups in total. The molecule has 16 nitrogen and oxygen atoms in total. The fourth-order valence-electron chi connectivity index (χ4n) is 2.93. The molecule has 286 valence electrons. The monoisotopic (exact) mass is 814 g/mol. The Morgan fingerprint density at radius 1 is 1.10 bits per heavy atom. The molecular formula is C30H46Cl3N8O8PS. The summed E-state index contributed by atoms with van der Waals surface area (Å²) in [6, 6.07) is 2.96. The van der Waals surface area contributed by atoms with Gasteiger partial charge in [-0.1, -0.05) is 49.9 Å². The first-order chi connectivity index (χ1) is 23.3. The van der Waals surface area contributed by atoms with Gasteiger partial charge >= 0.3 is 11.7 Å². The lowest BCUT2D eigenvalue weighted by atomic mass is 9.97. The lowest BCUT2D eigenvalue weighted by Crippen LogP contribution is -2.27. The van der Waals surface area contributed by atoms with E-state index in [2.05, 4.69) is 55.4 Å². The first-order valence-electron chi connectivity index (χ1n) is 14.8. The highest BCUT2D eigenvalue weighted by molar-refractivity contribution is 7.94. The first-order valence-corrected chi connectivity index (χ1v) is 20.2. The Hall–Kier alpha value is -3.07. The maximum Gasteiger partial charge on any atom is 0.442 e. The molecule has 2 heterocycles. The third-order valence-electron chi connectivity index (χ3n) is 4.75. The van der Waals surface area contributed by atoms with Gasteiger partial charge < -0.3 is 39.2 Å². The van der Waals surface area contributed by atoms with E-state index < -0.39 is 37.6 Å². The molecule has 3 aromatic rings. The van der Waals surface area contributed by atoms with Gasteiger partial charge in [0.25, 0.3) is 0 Å². The zero-order valence-corrected chi connectivity index (χ0v) is 34.1. The lowest BCUT2D eigenvalue weighted by Gasteiger charge is -2.20. The van der Waals surface area contributed by atoms with Gasteiger partial charge in [-0.25, -0.2) is 4.79 Å². The smallest absolute Gasteiger partial charge is 0.442 e. The highest BCUT2D eigenvalue weighted by Crippen LogP contribution is 2.33. The van der Waals surface area contributed by atoms with Crippen LogP contribution in [0, 0.1) is 12.3 Å². The van der Waals surface area contributed by atoms with Gasteiger partial charge in [0.1, 0.15) is 20.0 Å². The molecule has 2 aromatic heterocycles. The molecule has 0 aliphatic rings. The van der Waals surface area contributed by atoms with Crippen LogP contribution in [0.1, 0.15) is 54.4 Å². The van der Waals surface area contributed by atoms with E-state index in [4.69, 9.17) is 60.4 Å². The second kappa shape index (κ2) is 22.1. The van der Waals surface area contributed by atoms with Crippen LogP contribution in [0.2, 0.25) is 15.3 Å². The molecule has 0 fully saturated rings. The van der Waals surface area contributed by atoms with Gasteiger partial charge in [0, 0.05) is 23.6 Å². The number of aliphatic carboxylic acids is 1. The van der Waals surface area contributed by atoms with Crippen LogP contribution in [0.3, 0.4) is 0 Å². The number of anilines is 2. The van der Waals surface area contributed by atoms with Crippen molar-refractivity contribution in [2.75, 3.05) is 55.4 Å². The van der Waals surface area contributed by atoms with Crippen molar-refractivity contribution in [2.45, 2.75) is 59.4 Å². The Morgan fingerprint density at radius 2 is 1.67 bits per heavy atom. The van der Waals surface area contributed by atoms with Crippen molar-refractivity contribution >= 4 is 71.2 Å². The Morgan fingerprint density at radius 3 is 2.12 bits per heavy atom. The molecule has 0 amide bonds. The molecule has 0 aliphatic carbocycles. The van der Waals surface area contributed by atoms with Gasteiger partial charge in [0.15, 0.2) is 0 Å². The summed E-state index contributed by atoms with van der Waals surface area (Å²) in [7, 11) is -3.71. The minimum Gasteiger partial charge on any atom is -0.778 e. The normalized spacial score (nSPS) is 12.1. The summed E-state index contributed by atoms with van der Waals surface area (Å²) in [6.07, 6.45) is 11.0. The third kappa shape index (κ3) is 21.8. The quantitative estimate of drug-likeness (QED) is 0.109. The van der Waals surface area contributed by atoms with Crippen molar-refractivity contribution in [1.82, 2.24) is 30.0 Å². The summed E-state index contributed by atoms with van der Waals surface area (Å²) < 4.78 is 21.5. The predicted molar refractivity (Wildman–Crippen MR) is 203 cm³/mol. The molecule has 0 bridgehead atoms. The average Bonchev–Trinajstić information content (AvgIpc) is 3.33. The molecule has 1 unspecified atom stereocenters. The van der Waals surface area contributed by atoms with Crippen LogP contribution in [0.5, 0.6) is 5.75 Å². The van der Waals surface area contributed by atoms with Crippen LogP contribution in [-0.4, -0.2) is 91.0 Å². The number of hydrogen-bond acceptors (Lipinski definition) is 13. The number of halogens is 3. The topological polar surface area (TPSA) is 230 Å². The van der Waals surface area contributed by atoms with Crippen molar-refractivity contribution in [1.29, 1.82) is 0 Å². The SMILES string of the molecule is C#CCOc1cc(-n2nc(C(C)(C)C)oc2=O)c(Cl)cc1Cl.CCNc1nc(Cl)nc(NC(C)(C)C)n1.C[S+](C)C.O=C(O)CNCP(=O)([O-])O. The van der Waals surface area contributed by atoms with Gasteiger partial charge in [0.05, 0.1) is 47.3 Å². The summed E-state index contributed by atoms with van der Waals surface area (Å²) in [6.45, 7) is 14.0. The number of benzene rings is 1. The molecule has 51 heavy (non-hydrogen) atoms. The highest BCUT2D eigenvalue weighted by atomic mass is 35.5. The zero-order chi connectivity index (χ0) is 39.7.